The second-order valence-electron chi connectivity index (χ2n) is 7.37. The first kappa shape index (κ1) is 18.0. The van der Waals surface area contributed by atoms with E-state index in [9.17, 15) is 4.79 Å². The van der Waals surface area contributed by atoms with Crippen LogP contribution < -0.4 is 10.1 Å². The molecule has 136 valence electrons. The minimum atomic E-state index is -0.332. The fourth-order valence-electron chi connectivity index (χ4n) is 2.62. The molecule has 5 heteroatoms. The van der Waals surface area contributed by atoms with Crippen LogP contribution in [-0.2, 0) is 10.2 Å². The maximum Gasteiger partial charge on any atom is 0.258 e. The first-order valence-electron chi connectivity index (χ1n) is 8.71. The van der Waals surface area contributed by atoms with Crippen LogP contribution in [-0.4, -0.2) is 17.5 Å². The molecular formula is C21H24N2O3. The first-order chi connectivity index (χ1) is 12.3. The minimum absolute atomic E-state index is 0.0561. The number of aromatic nitrogens is 1. The quantitative estimate of drug-likeness (QED) is 0.740. The first-order valence-corrected chi connectivity index (χ1v) is 8.71. The van der Waals surface area contributed by atoms with Gasteiger partial charge in [-0.2, -0.15) is 0 Å². The molecule has 0 saturated carbocycles. The lowest BCUT2D eigenvalue weighted by Crippen LogP contribution is -2.31. The normalized spacial score (nSPS) is 12.8. The van der Waals surface area contributed by atoms with Gasteiger partial charge in [0.25, 0.3) is 5.91 Å². The highest BCUT2D eigenvalue weighted by Crippen LogP contribution is 2.24. The molecule has 1 amide bonds. The molecule has 1 N–H and O–H groups in total. The Bertz CT molecular complexity index is 859. The van der Waals surface area contributed by atoms with Crippen LogP contribution >= 0.6 is 0 Å². The number of oxazole rings is 1. The van der Waals surface area contributed by atoms with Gasteiger partial charge < -0.3 is 14.5 Å². The zero-order chi connectivity index (χ0) is 18.7. The Balaban J connectivity index is 1.55. The minimum Gasteiger partial charge on any atom is -0.484 e. The van der Waals surface area contributed by atoms with E-state index in [-0.39, 0.29) is 24.0 Å². The van der Waals surface area contributed by atoms with Gasteiger partial charge in [-0.3, -0.25) is 4.79 Å². The third-order valence-electron chi connectivity index (χ3n) is 4.15. The molecule has 1 unspecified atom stereocenters. The fraction of sp³-hybridized carbons (Fsp3) is 0.333. The topological polar surface area (TPSA) is 64.4 Å². The van der Waals surface area contributed by atoms with Crippen LogP contribution in [0.2, 0.25) is 0 Å². The number of benzene rings is 2. The Labute approximate surface area is 153 Å². The van der Waals surface area contributed by atoms with Gasteiger partial charge in [0, 0.05) is 0 Å². The van der Waals surface area contributed by atoms with Crippen molar-refractivity contribution in [2.45, 2.75) is 39.2 Å². The van der Waals surface area contributed by atoms with Gasteiger partial charge in [0.1, 0.15) is 17.3 Å². The summed E-state index contributed by atoms with van der Waals surface area (Å²) in [5.74, 6) is 0.927. The highest BCUT2D eigenvalue weighted by Gasteiger charge is 2.16. The van der Waals surface area contributed by atoms with Gasteiger partial charge >= 0.3 is 0 Å². The predicted octanol–water partition coefficient (Wildman–Crippen LogP) is 4.38. The van der Waals surface area contributed by atoms with Crippen LogP contribution in [0.15, 0.2) is 52.9 Å². The van der Waals surface area contributed by atoms with Crippen LogP contribution in [0, 0.1) is 0 Å². The van der Waals surface area contributed by atoms with E-state index in [1.54, 1.807) is 0 Å². The van der Waals surface area contributed by atoms with Crippen molar-refractivity contribution in [1.82, 2.24) is 10.3 Å². The van der Waals surface area contributed by atoms with E-state index < -0.39 is 0 Å². The van der Waals surface area contributed by atoms with Crippen molar-refractivity contribution in [1.29, 1.82) is 0 Å². The van der Waals surface area contributed by atoms with Crippen LogP contribution in [0.3, 0.4) is 0 Å². The number of nitrogens with zero attached hydrogens (tertiary/aromatic N) is 1. The number of nitrogens with one attached hydrogen (secondary N) is 1. The Hall–Kier alpha value is -2.82. The second kappa shape index (κ2) is 7.20. The number of para-hydroxylation sites is 2. The maximum absolute atomic E-state index is 12.1. The third kappa shape index (κ3) is 4.23. The molecule has 1 heterocycles. The van der Waals surface area contributed by atoms with Gasteiger partial charge in [0.15, 0.2) is 12.2 Å². The van der Waals surface area contributed by atoms with Crippen molar-refractivity contribution >= 4 is 17.0 Å². The molecule has 1 aromatic heterocycles. The van der Waals surface area contributed by atoms with Crippen LogP contribution in [0.25, 0.3) is 11.1 Å². The van der Waals surface area contributed by atoms with Crippen molar-refractivity contribution in [3.63, 3.8) is 0 Å². The average molecular weight is 352 g/mol. The van der Waals surface area contributed by atoms with Crippen molar-refractivity contribution in [2.24, 2.45) is 0 Å². The van der Waals surface area contributed by atoms with Crippen LogP contribution in [0.1, 0.15) is 45.2 Å². The lowest BCUT2D eigenvalue weighted by Gasteiger charge is -2.19. The number of hydrogen-bond acceptors (Lipinski definition) is 4. The fourth-order valence-corrected chi connectivity index (χ4v) is 2.62. The van der Waals surface area contributed by atoms with Crippen molar-refractivity contribution in [3.8, 4) is 5.75 Å². The monoisotopic (exact) mass is 352 g/mol. The van der Waals surface area contributed by atoms with Gasteiger partial charge in [-0.1, -0.05) is 45.0 Å². The summed E-state index contributed by atoms with van der Waals surface area (Å²) in [5, 5.41) is 2.84. The zero-order valence-electron chi connectivity index (χ0n) is 15.6. The second-order valence-corrected chi connectivity index (χ2v) is 7.37. The molecule has 0 aliphatic rings. The summed E-state index contributed by atoms with van der Waals surface area (Å²) in [6, 6.07) is 15.0. The summed E-state index contributed by atoms with van der Waals surface area (Å²) in [5.41, 5.74) is 2.79. The lowest BCUT2D eigenvalue weighted by atomic mass is 9.87. The van der Waals surface area contributed by atoms with E-state index in [2.05, 4.69) is 31.1 Å². The zero-order valence-corrected chi connectivity index (χ0v) is 15.6. The van der Waals surface area contributed by atoms with E-state index >= 15 is 0 Å². The molecule has 0 aliphatic heterocycles. The van der Waals surface area contributed by atoms with Crippen LogP contribution in [0.4, 0.5) is 0 Å². The highest BCUT2D eigenvalue weighted by atomic mass is 16.5. The van der Waals surface area contributed by atoms with E-state index in [4.69, 9.17) is 9.15 Å². The molecule has 0 spiro atoms. The predicted molar refractivity (Wildman–Crippen MR) is 101 cm³/mol. The van der Waals surface area contributed by atoms with Gasteiger partial charge in [0.05, 0.1) is 0 Å². The Morgan fingerprint density at radius 2 is 1.85 bits per heavy atom. The third-order valence-corrected chi connectivity index (χ3v) is 4.15. The molecule has 1 atom stereocenters. The maximum atomic E-state index is 12.1. The van der Waals surface area contributed by atoms with Crippen LogP contribution in [0.5, 0.6) is 5.75 Å². The number of hydrogen-bond donors (Lipinski definition) is 1. The van der Waals surface area contributed by atoms with Gasteiger partial charge in [-0.15, -0.1) is 0 Å². The highest BCUT2D eigenvalue weighted by molar-refractivity contribution is 5.78. The standard InChI is InChI=1S/C21H24N2O3/c1-14(20-23-17-7-5-6-8-18(17)26-20)22-19(24)13-25-16-11-9-15(10-12-16)21(2,3)4/h5-12,14H,13H2,1-4H3,(H,22,24). The lowest BCUT2D eigenvalue weighted by molar-refractivity contribution is -0.123. The largest absolute Gasteiger partial charge is 0.484 e. The Kier molecular flexibility index (Phi) is 4.98. The summed E-state index contributed by atoms with van der Waals surface area (Å²) in [4.78, 5) is 16.5. The molecule has 0 radical (unpaired) electrons. The van der Waals surface area contributed by atoms with Crippen molar-refractivity contribution in [3.05, 3.63) is 60.0 Å². The summed E-state index contributed by atoms with van der Waals surface area (Å²) in [7, 11) is 0. The van der Waals surface area contributed by atoms with E-state index in [1.807, 2.05) is 55.5 Å². The molecule has 5 nitrogen and oxygen atoms in total. The summed E-state index contributed by atoms with van der Waals surface area (Å²) in [6.45, 7) is 8.25. The number of carbonyl (C=O) groups excluding carboxylic acids is 1. The van der Waals surface area contributed by atoms with Crippen molar-refractivity contribution < 1.29 is 13.9 Å². The summed E-state index contributed by atoms with van der Waals surface area (Å²) in [6.07, 6.45) is 0. The SMILES string of the molecule is CC(NC(=O)COc1ccc(C(C)(C)C)cc1)c1nc2ccccc2o1. The smallest absolute Gasteiger partial charge is 0.258 e. The van der Waals surface area contributed by atoms with Gasteiger partial charge in [-0.05, 0) is 42.2 Å². The molecule has 0 saturated heterocycles. The number of amides is 1. The summed E-state index contributed by atoms with van der Waals surface area (Å²) < 4.78 is 11.2. The molecule has 3 rings (SSSR count). The molecule has 26 heavy (non-hydrogen) atoms. The van der Waals surface area contributed by atoms with Gasteiger partial charge in [0.2, 0.25) is 5.89 Å². The number of rotatable bonds is 5. The van der Waals surface area contributed by atoms with Crippen molar-refractivity contribution in [2.75, 3.05) is 6.61 Å². The molecule has 0 bridgehead atoms. The van der Waals surface area contributed by atoms with E-state index in [1.165, 1.54) is 5.56 Å². The summed E-state index contributed by atoms with van der Waals surface area (Å²) >= 11 is 0. The number of ether oxygens (including phenoxy) is 1. The Morgan fingerprint density at radius 3 is 2.50 bits per heavy atom. The molecule has 0 aliphatic carbocycles. The number of fused-ring (bicyclic) bond motifs is 1. The van der Waals surface area contributed by atoms with E-state index in [0.717, 1.165) is 5.52 Å². The molecule has 2 aromatic carbocycles. The number of carbonyl (C=O) groups is 1. The molecule has 0 fully saturated rings. The Morgan fingerprint density at radius 1 is 1.15 bits per heavy atom. The molecule has 3 aromatic rings. The average Bonchev–Trinajstić information content (AvgIpc) is 3.04. The molecular weight excluding hydrogens is 328 g/mol. The van der Waals surface area contributed by atoms with E-state index in [0.29, 0.717) is 17.2 Å². The van der Waals surface area contributed by atoms with Gasteiger partial charge in [-0.25, -0.2) is 4.98 Å².